The van der Waals surface area contributed by atoms with Crippen molar-refractivity contribution in [3.63, 3.8) is 0 Å². The van der Waals surface area contributed by atoms with Crippen molar-refractivity contribution in [2.24, 2.45) is 0 Å². The van der Waals surface area contributed by atoms with E-state index in [9.17, 15) is 9.90 Å². The van der Waals surface area contributed by atoms with Crippen molar-refractivity contribution in [2.75, 3.05) is 0 Å². The summed E-state index contributed by atoms with van der Waals surface area (Å²) in [4.78, 5) is 11.3. The molecule has 0 spiro atoms. The second-order valence-corrected chi connectivity index (χ2v) is 7.26. The van der Waals surface area contributed by atoms with Gasteiger partial charge in [0.25, 0.3) is 0 Å². The largest absolute Gasteiger partial charge is 0.432 e. The number of aliphatic hydroxyl groups excluding tert-OH is 1. The van der Waals surface area contributed by atoms with Crippen LogP contribution in [0.1, 0.15) is 111 Å². The first-order valence-electron chi connectivity index (χ1n) is 10.0. The number of hydrogen-bond donors (Lipinski definition) is 2. The van der Waals surface area contributed by atoms with Crippen LogP contribution in [0.3, 0.4) is 0 Å². The Morgan fingerprint density at radius 2 is 1.25 bits per heavy atom. The van der Waals surface area contributed by atoms with E-state index in [1.165, 1.54) is 78.1 Å². The summed E-state index contributed by atoms with van der Waals surface area (Å²) in [6.07, 6.45) is 15.7. The van der Waals surface area contributed by atoms with Crippen LogP contribution in [0.25, 0.3) is 0 Å². The van der Waals surface area contributed by atoms with E-state index >= 15 is 0 Å². The van der Waals surface area contributed by atoms with Crippen molar-refractivity contribution in [2.45, 2.75) is 123 Å². The highest BCUT2D eigenvalue weighted by Crippen LogP contribution is 2.18. The van der Waals surface area contributed by atoms with Crippen molar-refractivity contribution in [1.82, 2.24) is 0 Å². The Bertz CT molecular complexity index is 300. The molecule has 2 N–H and O–H groups in total. The van der Waals surface area contributed by atoms with E-state index < -0.39 is 17.9 Å². The summed E-state index contributed by atoms with van der Waals surface area (Å²) < 4.78 is 4.87. The molecule has 0 fully saturated rings. The van der Waals surface area contributed by atoms with Gasteiger partial charge in [-0.2, -0.15) is 0 Å². The van der Waals surface area contributed by atoms with Gasteiger partial charge in [-0.1, -0.05) is 84.0 Å². The first-order chi connectivity index (χ1) is 11.4. The highest BCUT2D eigenvalue weighted by molar-refractivity contribution is 5.74. The fourth-order valence-electron chi connectivity index (χ4n) is 2.82. The van der Waals surface area contributed by atoms with Crippen LogP contribution in [0.4, 0.5) is 0 Å². The third kappa shape index (κ3) is 14.9. The lowest BCUT2D eigenvalue weighted by Gasteiger charge is -2.24. The molecule has 0 aromatic carbocycles. The molecular formula is C20H40O4. The fourth-order valence-corrected chi connectivity index (χ4v) is 2.82. The quantitative estimate of drug-likeness (QED) is 0.232. The molecule has 0 radical (unpaired) electrons. The van der Waals surface area contributed by atoms with Gasteiger partial charge in [-0.05, 0) is 13.3 Å². The number of rotatable bonds is 16. The number of ether oxygens (including phenoxy) is 1. The summed E-state index contributed by atoms with van der Waals surface area (Å²) in [6, 6.07) is 0. The van der Waals surface area contributed by atoms with Crippen LogP contribution in [0.2, 0.25) is 0 Å². The molecular weight excluding hydrogens is 304 g/mol. The first-order valence-corrected chi connectivity index (χ1v) is 10.0. The number of unbranched alkanes of at least 4 members (excludes halogenated alkanes) is 12. The van der Waals surface area contributed by atoms with Crippen LogP contribution < -0.4 is 0 Å². The molecule has 0 heterocycles. The van der Waals surface area contributed by atoms with Gasteiger partial charge in [0.2, 0.25) is 5.79 Å². The Labute approximate surface area is 149 Å². The minimum absolute atomic E-state index is 0.420. The average Bonchev–Trinajstić information content (AvgIpc) is 2.51. The monoisotopic (exact) mass is 344 g/mol. The summed E-state index contributed by atoms with van der Waals surface area (Å²) in [6.45, 7) is 5.07. The minimum atomic E-state index is -1.47. The third-order valence-electron chi connectivity index (χ3n) is 4.41. The van der Waals surface area contributed by atoms with E-state index in [1.54, 1.807) is 0 Å². The average molecular weight is 345 g/mol. The highest BCUT2D eigenvalue weighted by Gasteiger charge is 2.26. The second kappa shape index (κ2) is 14.7. The predicted molar refractivity (Wildman–Crippen MR) is 98.7 cm³/mol. The van der Waals surface area contributed by atoms with Gasteiger partial charge in [0, 0.05) is 13.3 Å². The van der Waals surface area contributed by atoms with E-state index in [2.05, 4.69) is 6.92 Å². The van der Waals surface area contributed by atoms with Gasteiger partial charge in [0.1, 0.15) is 6.10 Å². The number of hydrogen-bond acceptors (Lipinski definition) is 4. The molecule has 0 aliphatic heterocycles. The van der Waals surface area contributed by atoms with Crippen molar-refractivity contribution in [1.29, 1.82) is 0 Å². The number of esters is 1. The van der Waals surface area contributed by atoms with Crippen LogP contribution in [-0.2, 0) is 9.53 Å². The van der Waals surface area contributed by atoms with E-state index in [4.69, 9.17) is 9.84 Å². The Kier molecular flexibility index (Phi) is 14.3. The van der Waals surface area contributed by atoms with Gasteiger partial charge in [-0.3, -0.25) is 0 Å². The zero-order chi connectivity index (χ0) is 18.3. The fraction of sp³-hybridized carbons (Fsp3) is 0.950. The Morgan fingerprint density at radius 3 is 1.62 bits per heavy atom. The Balaban J connectivity index is 3.37. The van der Waals surface area contributed by atoms with Crippen molar-refractivity contribution in [3.05, 3.63) is 0 Å². The second-order valence-electron chi connectivity index (χ2n) is 7.26. The standard InChI is InChI=1S/C20H40O4/c1-4-5-6-7-8-9-10-11-12-13-14-15-16-17-20(3,23)24-19(22)18(2)21/h18,21,23H,4-17H2,1-3H3. The maximum Gasteiger partial charge on any atom is 0.337 e. The lowest BCUT2D eigenvalue weighted by Crippen LogP contribution is -2.35. The topological polar surface area (TPSA) is 66.8 Å². The van der Waals surface area contributed by atoms with Crippen LogP contribution >= 0.6 is 0 Å². The van der Waals surface area contributed by atoms with Gasteiger partial charge >= 0.3 is 5.97 Å². The summed E-state index contributed by atoms with van der Waals surface area (Å²) in [5.41, 5.74) is 0. The molecule has 144 valence electrons. The van der Waals surface area contributed by atoms with Gasteiger partial charge in [-0.15, -0.1) is 0 Å². The molecule has 0 aliphatic rings. The van der Waals surface area contributed by atoms with E-state index in [0.717, 1.165) is 19.3 Å². The summed E-state index contributed by atoms with van der Waals surface area (Å²) >= 11 is 0. The molecule has 24 heavy (non-hydrogen) atoms. The summed E-state index contributed by atoms with van der Waals surface area (Å²) in [7, 11) is 0. The smallest absolute Gasteiger partial charge is 0.337 e. The van der Waals surface area contributed by atoms with Crippen LogP contribution in [0.5, 0.6) is 0 Å². The Hall–Kier alpha value is -0.610. The maximum absolute atomic E-state index is 11.3. The lowest BCUT2D eigenvalue weighted by atomic mass is 10.0. The zero-order valence-electron chi connectivity index (χ0n) is 16.2. The van der Waals surface area contributed by atoms with Crippen LogP contribution in [0.15, 0.2) is 0 Å². The van der Waals surface area contributed by atoms with Gasteiger partial charge in [-0.25, -0.2) is 4.79 Å². The number of carbonyl (C=O) groups excluding carboxylic acids is 1. The SMILES string of the molecule is CCCCCCCCCCCCCCCC(C)(O)OC(=O)C(C)O. The molecule has 4 nitrogen and oxygen atoms in total. The zero-order valence-corrected chi connectivity index (χ0v) is 16.2. The minimum Gasteiger partial charge on any atom is -0.432 e. The molecule has 2 atom stereocenters. The number of aliphatic hydroxyl groups is 2. The van der Waals surface area contributed by atoms with Crippen molar-refractivity contribution >= 4 is 5.97 Å². The van der Waals surface area contributed by atoms with E-state index in [0.29, 0.717) is 6.42 Å². The van der Waals surface area contributed by atoms with Crippen LogP contribution in [-0.4, -0.2) is 28.1 Å². The predicted octanol–water partition coefficient (Wildman–Crippen LogP) is 5.10. The van der Waals surface area contributed by atoms with Crippen molar-refractivity contribution < 1.29 is 19.7 Å². The van der Waals surface area contributed by atoms with E-state index in [-0.39, 0.29) is 0 Å². The number of carbonyl (C=O) groups is 1. The molecule has 0 aliphatic carbocycles. The highest BCUT2D eigenvalue weighted by atomic mass is 16.7. The van der Waals surface area contributed by atoms with Crippen LogP contribution in [0, 0.1) is 0 Å². The Morgan fingerprint density at radius 1 is 0.875 bits per heavy atom. The van der Waals surface area contributed by atoms with E-state index in [1.807, 2.05) is 0 Å². The van der Waals surface area contributed by atoms with Crippen molar-refractivity contribution in [3.8, 4) is 0 Å². The molecule has 0 rings (SSSR count). The lowest BCUT2D eigenvalue weighted by molar-refractivity contribution is -0.211. The van der Waals surface area contributed by atoms with Gasteiger partial charge < -0.3 is 14.9 Å². The molecule has 0 amide bonds. The molecule has 0 bridgehead atoms. The normalized spacial score (nSPS) is 15.0. The maximum atomic E-state index is 11.3. The molecule has 4 heteroatoms. The third-order valence-corrected chi connectivity index (χ3v) is 4.41. The molecule has 0 saturated heterocycles. The molecule has 0 aromatic rings. The van der Waals surface area contributed by atoms with Gasteiger partial charge in [0.15, 0.2) is 0 Å². The van der Waals surface area contributed by atoms with Gasteiger partial charge in [0.05, 0.1) is 0 Å². The molecule has 2 unspecified atom stereocenters. The summed E-state index contributed by atoms with van der Waals surface area (Å²) in [5, 5.41) is 19.0. The summed E-state index contributed by atoms with van der Waals surface area (Å²) in [5.74, 6) is -2.24. The molecule has 0 saturated carbocycles. The first kappa shape index (κ1) is 23.4. The molecule has 0 aromatic heterocycles.